The maximum atomic E-state index is 12.0. The Morgan fingerprint density at radius 1 is 1.21 bits per heavy atom. The van der Waals surface area contributed by atoms with Crippen molar-refractivity contribution in [3.63, 3.8) is 0 Å². The number of anilines is 1. The maximum Gasteiger partial charge on any atom is 0.249 e. The summed E-state index contributed by atoms with van der Waals surface area (Å²) in [6.45, 7) is 0.122. The first-order chi connectivity index (χ1) is 11.7. The number of pyridine rings is 1. The van der Waals surface area contributed by atoms with Gasteiger partial charge in [0.2, 0.25) is 11.9 Å². The lowest BCUT2D eigenvalue weighted by atomic mass is 10.2. The van der Waals surface area contributed by atoms with Crippen molar-refractivity contribution in [2.24, 2.45) is 7.05 Å². The van der Waals surface area contributed by atoms with Crippen molar-refractivity contribution in [3.8, 4) is 11.3 Å². The van der Waals surface area contributed by atoms with E-state index >= 15 is 0 Å². The van der Waals surface area contributed by atoms with Gasteiger partial charge in [-0.2, -0.15) is 10.1 Å². The number of nitrogens with zero attached hydrogens (tertiary/aromatic N) is 6. The predicted molar refractivity (Wildman–Crippen MR) is 88.3 cm³/mol. The molecule has 4 aromatic rings. The molecule has 1 N–H and O–H groups in total. The summed E-state index contributed by atoms with van der Waals surface area (Å²) in [6.07, 6.45) is 7.23. The van der Waals surface area contributed by atoms with Gasteiger partial charge >= 0.3 is 0 Å². The summed E-state index contributed by atoms with van der Waals surface area (Å²) in [5, 5.41) is 11.0. The molecule has 0 saturated heterocycles. The Kier molecular flexibility index (Phi) is 3.34. The van der Waals surface area contributed by atoms with Crippen LogP contribution < -0.4 is 5.32 Å². The molecule has 4 aromatic heterocycles. The molecule has 0 radical (unpaired) electrons. The summed E-state index contributed by atoms with van der Waals surface area (Å²) in [5.74, 6) is 0.0495. The highest BCUT2D eigenvalue weighted by Gasteiger charge is 2.10. The van der Waals surface area contributed by atoms with Gasteiger partial charge in [-0.15, -0.1) is 5.10 Å². The second-order valence-corrected chi connectivity index (χ2v) is 5.41. The van der Waals surface area contributed by atoms with E-state index in [1.54, 1.807) is 27.7 Å². The second kappa shape index (κ2) is 5.65. The SMILES string of the molecule is Cn1cccc1-c1ccc2nc(NC(=O)Cn3cccn3)nn2c1. The monoisotopic (exact) mass is 321 g/mol. The molecule has 0 aliphatic rings. The first-order valence-electron chi connectivity index (χ1n) is 7.44. The number of amides is 1. The normalized spacial score (nSPS) is 11.0. The summed E-state index contributed by atoms with van der Waals surface area (Å²) in [6, 6.07) is 9.64. The van der Waals surface area contributed by atoms with Crippen LogP contribution in [0.5, 0.6) is 0 Å². The maximum absolute atomic E-state index is 12.0. The minimum Gasteiger partial charge on any atom is -0.351 e. The molecule has 0 aliphatic carbocycles. The first-order valence-corrected chi connectivity index (χ1v) is 7.44. The van der Waals surface area contributed by atoms with E-state index in [1.165, 1.54) is 0 Å². The molecular weight excluding hydrogens is 306 g/mol. The summed E-state index contributed by atoms with van der Waals surface area (Å²) >= 11 is 0. The third kappa shape index (κ3) is 2.65. The fourth-order valence-electron chi connectivity index (χ4n) is 2.55. The summed E-state index contributed by atoms with van der Waals surface area (Å²) in [4.78, 5) is 16.3. The van der Waals surface area contributed by atoms with Crippen LogP contribution in [-0.2, 0) is 18.4 Å². The third-order valence-electron chi connectivity index (χ3n) is 3.69. The Morgan fingerprint density at radius 2 is 2.12 bits per heavy atom. The molecule has 4 rings (SSSR count). The zero-order valence-electron chi connectivity index (χ0n) is 13.0. The van der Waals surface area contributed by atoms with Gasteiger partial charge in [-0.1, -0.05) is 0 Å². The lowest BCUT2D eigenvalue weighted by Crippen LogP contribution is -2.19. The zero-order chi connectivity index (χ0) is 16.5. The molecule has 0 bridgehead atoms. The topological polar surface area (TPSA) is 82.0 Å². The van der Waals surface area contributed by atoms with Crippen molar-refractivity contribution in [3.05, 3.63) is 55.1 Å². The van der Waals surface area contributed by atoms with Gasteiger partial charge in [0.25, 0.3) is 0 Å². The van der Waals surface area contributed by atoms with Crippen LogP contribution in [0.2, 0.25) is 0 Å². The van der Waals surface area contributed by atoms with Gasteiger partial charge in [-0.25, -0.2) is 4.52 Å². The minimum absolute atomic E-state index is 0.122. The Morgan fingerprint density at radius 3 is 2.88 bits per heavy atom. The second-order valence-electron chi connectivity index (χ2n) is 5.41. The van der Waals surface area contributed by atoms with Crippen LogP contribution in [0.3, 0.4) is 0 Å². The molecule has 120 valence electrons. The molecule has 0 unspecified atom stereocenters. The number of hydrogen-bond acceptors (Lipinski definition) is 4. The van der Waals surface area contributed by atoms with E-state index in [2.05, 4.69) is 20.5 Å². The molecule has 1 amide bonds. The summed E-state index contributed by atoms with van der Waals surface area (Å²) in [5.41, 5.74) is 2.77. The summed E-state index contributed by atoms with van der Waals surface area (Å²) in [7, 11) is 1.99. The van der Waals surface area contributed by atoms with Crippen LogP contribution in [0, 0.1) is 0 Å². The minimum atomic E-state index is -0.225. The third-order valence-corrected chi connectivity index (χ3v) is 3.69. The molecule has 0 spiro atoms. The van der Waals surface area contributed by atoms with Crippen molar-refractivity contribution >= 4 is 17.5 Å². The summed E-state index contributed by atoms with van der Waals surface area (Å²) < 4.78 is 5.23. The fourth-order valence-corrected chi connectivity index (χ4v) is 2.55. The molecule has 4 heterocycles. The molecule has 0 saturated carbocycles. The van der Waals surface area contributed by atoms with E-state index in [1.807, 2.05) is 48.3 Å². The zero-order valence-corrected chi connectivity index (χ0v) is 13.0. The Labute approximate surface area is 137 Å². The molecule has 0 aliphatic heterocycles. The predicted octanol–water partition coefficient (Wildman–Crippen LogP) is 1.57. The lowest BCUT2D eigenvalue weighted by molar-refractivity contribution is -0.116. The van der Waals surface area contributed by atoms with E-state index in [-0.39, 0.29) is 18.4 Å². The number of nitrogens with one attached hydrogen (secondary N) is 1. The van der Waals surface area contributed by atoms with Crippen LogP contribution in [0.15, 0.2) is 55.1 Å². The molecule has 0 atom stereocenters. The van der Waals surface area contributed by atoms with Gasteiger partial charge in [-0.3, -0.25) is 14.8 Å². The quantitative estimate of drug-likeness (QED) is 0.618. The highest BCUT2D eigenvalue weighted by atomic mass is 16.2. The average molecular weight is 321 g/mol. The molecule has 24 heavy (non-hydrogen) atoms. The van der Waals surface area contributed by atoms with Crippen LogP contribution in [-0.4, -0.2) is 34.9 Å². The lowest BCUT2D eigenvalue weighted by Gasteiger charge is -2.03. The number of carbonyl (C=O) groups is 1. The van der Waals surface area contributed by atoms with E-state index in [9.17, 15) is 4.79 Å². The van der Waals surface area contributed by atoms with Crippen molar-refractivity contribution in [2.45, 2.75) is 6.54 Å². The largest absolute Gasteiger partial charge is 0.351 e. The number of fused-ring (bicyclic) bond motifs is 1. The molecule has 8 heteroatoms. The van der Waals surface area contributed by atoms with Crippen LogP contribution >= 0.6 is 0 Å². The van der Waals surface area contributed by atoms with Crippen LogP contribution in [0.25, 0.3) is 16.9 Å². The molecule has 0 aromatic carbocycles. The van der Waals surface area contributed by atoms with Crippen LogP contribution in [0.4, 0.5) is 5.95 Å². The van der Waals surface area contributed by atoms with Crippen molar-refractivity contribution in [1.82, 2.24) is 28.9 Å². The average Bonchev–Trinajstić information content (AvgIpc) is 3.27. The molecule has 8 nitrogen and oxygen atoms in total. The molecular formula is C16H15N7O. The smallest absolute Gasteiger partial charge is 0.249 e. The van der Waals surface area contributed by atoms with Gasteiger partial charge in [0.1, 0.15) is 6.54 Å². The van der Waals surface area contributed by atoms with Crippen molar-refractivity contribution in [2.75, 3.05) is 5.32 Å². The number of aryl methyl sites for hydroxylation is 1. The Hall–Kier alpha value is -3.42. The van der Waals surface area contributed by atoms with Gasteiger partial charge < -0.3 is 4.57 Å². The fraction of sp³-hybridized carbons (Fsp3) is 0.125. The number of aromatic nitrogens is 6. The van der Waals surface area contributed by atoms with E-state index in [4.69, 9.17) is 0 Å². The molecule has 0 fully saturated rings. The Balaban J connectivity index is 1.57. The van der Waals surface area contributed by atoms with E-state index in [0.29, 0.717) is 5.65 Å². The van der Waals surface area contributed by atoms with Crippen molar-refractivity contribution < 1.29 is 4.79 Å². The highest BCUT2D eigenvalue weighted by Crippen LogP contribution is 2.20. The Bertz CT molecular complexity index is 997. The van der Waals surface area contributed by atoms with Gasteiger partial charge in [0.15, 0.2) is 5.65 Å². The van der Waals surface area contributed by atoms with E-state index in [0.717, 1.165) is 11.3 Å². The standard InChI is InChI=1S/C16H15N7O/c1-21-8-2-4-13(21)12-5-6-14-18-16(20-23(14)10-12)19-15(24)11-22-9-3-7-17-22/h2-10H,11H2,1H3,(H,19,20,24). The highest BCUT2D eigenvalue weighted by molar-refractivity contribution is 5.88. The number of carbonyl (C=O) groups excluding carboxylic acids is 1. The number of hydrogen-bond donors (Lipinski definition) is 1. The van der Waals surface area contributed by atoms with Crippen molar-refractivity contribution in [1.29, 1.82) is 0 Å². The number of rotatable bonds is 4. The first kappa shape index (κ1) is 14.2. The van der Waals surface area contributed by atoms with E-state index < -0.39 is 0 Å². The van der Waals surface area contributed by atoms with Gasteiger partial charge in [0, 0.05) is 43.1 Å². The van der Waals surface area contributed by atoms with Gasteiger partial charge in [0.05, 0.1) is 0 Å². The van der Waals surface area contributed by atoms with Crippen LogP contribution in [0.1, 0.15) is 0 Å². The van der Waals surface area contributed by atoms with Gasteiger partial charge in [-0.05, 0) is 30.3 Å².